The van der Waals surface area contributed by atoms with Crippen molar-refractivity contribution >= 4 is 5.78 Å². The lowest BCUT2D eigenvalue weighted by Gasteiger charge is -2.42. The van der Waals surface area contributed by atoms with Gasteiger partial charge in [-0.2, -0.15) is 0 Å². The van der Waals surface area contributed by atoms with Gasteiger partial charge in [-0.1, -0.05) is 105 Å². The Morgan fingerprint density at radius 3 is 1.69 bits per heavy atom. The number of ether oxygens (including phenoxy) is 3. The summed E-state index contributed by atoms with van der Waals surface area (Å²) in [6, 6.07) is 30.4. The standard InChI is InChI=1S/C28H30O4/c1-27(2)19-24(29)25(32-26(27)30-3)20-31-28(21-13-7-4-8-14-21,22-15-9-5-10-16-22)23-17-11-6-12-18-23/h4-18,25-26H,19-20H2,1-3H3. The van der Waals surface area contributed by atoms with Gasteiger partial charge in [-0.05, 0) is 16.7 Å². The fourth-order valence-electron chi connectivity index (χ4n) is 4.53. The van der Waals surface area contributed by atoms with Crippen molar-refractivity contribution in [2.75, 3.05) is 13.7 Å². The summed E-state index contributed by atoms with van der Waals surface area (Å²) in [6.07, 6.45) is -0.772. The molecule has 2 atom stereocenters. The van der Waals surface area contributed by atoms with Crippen LogP contribution in [0.25, 0.3) is 0 Å². The number of hydrogen-bond donors (Lipinski definition) is 0. The van der Waals surface area contributed by atoms with E-state index in [1.165, 1.54) is 0 Å². The average Bonchev–Trinajstić information content (AvgIpc) is 2.82. The minimum absolute atomic E-state index is 0.0337. The first-order chi connectivity index (χ1) is 15.5. The molecule has 0 amide bonds. The Morgan fingerprint density at radius 2 is 1.28 bits per heavy atom. The van der Waals surface area contributed by atoms with E-state index in [0.29, 0.717) is 6.42 Å². The molecule has 0 radical (unpaired) electrons. The van der Waals surface area contributed by atoms with E-state index in [2.05, 4.69) is 36.4 Å². The summed E-state index contributed by atoms with van der Waals surface area (Å²) in [4.78, 5) is 12.9. The number of ketones is 1. The molecule has 32 heavy (non-hydrogen) atoms. The predicted octanol–water partition coefficient (Wildman–Crippen LogP) is 5.35. The third kappa shape index (κ3) is 4.26. The lowest BCUT2D eigenvalue weighted by molar-refractivity contribution is -0.239. The van der Waals surface area contributed by atoms with Gasteiger partial charge in [0.15, 0.2) is 12.1 Å². The third-order valence-corrected chi connectivity index (χ3v) is 6.12. The highest BCUT2D eigenvalue weighted by Gasteiger charge is 2.45. The molecule has 4 heteroatoms. The maximum atomic E-state index is 12.9. The SMILES string of the molecule is COC1OC(COC(c2ccccc2)(c2ccccc2)c2ccccc2)C(=O)CC1(C)C. The van der Waals surface area contributed by atoms with Crippen molar-refractivity contribution < 1.29 is 19.0 Å². The van der Waals surface area contributed by atoms with E-state index in [1.807, 2.05) is 68.4 Å². The monoisotopic (exact) mass is 430 g/mol. The van der Waals surface area contributed by atoms with Gasteiger partial charge in [-0.15, -0.1) is 0 Å². The van der Waals surface area contributed by atoms with Crippen molar-refractivity contribution in [1.29, 1.82) is 0 Å². The molecular formula is C28H30O4. The molecule has 3 aromatic carbocycles. The van der Waals surface area contributed by atoms with E-state index >= 15 is 0 Å². The zero-order valence-corrected chi connectivity index (χ0v) is 18.9. The Balaban J connectivity index is 1.76. The van der Waals surface area contributed by atoms with Crippen molar-refractivity contribution in [3.8, 4) is 0 Å². The first-order valence-electron chi connectivity index (χ1n) is 11.0. The van der Waals surface area contributed by atoms with Gasteiger partial charge in [0.2, 0.25) is 0 Å². The Kier molecular flexibility index (Phi) is 6.56. The number of carbonyl (C=O) groups excluding carboxylic acids is 1. The maximum Gasteiger partial charge on any atom is 0.164 e. The molecule has 0 aliphatic carbocycles. The molecule has 0 N–H and O–H groups in total. The molecule has 0 aromatic heterocycles. The van der Waals surface area contributed by atoms with Crippen LogP contribution in [-0.2, 0) is 24.6 Å². The second-order valence-electron chi connectivity index (χ2n) is 8.91. The molecule has 4 nitrogen and oxygen atoms in total. The zero-order valence-electron chi connectivity index (χ0n) is 18.9. The number of hydrogen-bond acceptors (Lipinski definition) is 4. The van der Waals surface area contributed by atoms with Crippen LogP contribution in [0, 0.1) is 5.41 Å². The van der Waals surface area contributed by atoms with Gasteiger partial charge in [-0.3, -0.25) is 4.79 Å². The summed E-state index contributed by atoms with van der Waals surface area (Å²) in [6.45, 7) is 4.09. The normalized spacial score (nSPS) is 20.8. The van der Waals surface area contributed by atoms with Crippen LogP contribution in [0.4, 0.5) is 0 Å². The minimum Gasteiger partial charge on any atom is -0.358 e. The maximum absolute atomic E-state index is 12.9. The Morgan fingerprint density at radius 1 is 0.844 bits per heavy atom. The highest BCUT2D eigenvalue weighted by Crippen LogP contribution is 2.41. The Bertz CT molecular complexity index is 918. The fraction of sp³-hybridized carbons (Fsp3) is 0.321. The van der Waals surface area contributed by atoms with Gasteiger partial charge in [0.25, 0.3) is 0 Å². The molecule has 1 saturated heterocycles. The summed E-state index contributed by atoms with van der Waals surface area (Å²) in [5, 5.41) is 0. The molecule has 1 aliphatic rings. The first kappa shape index (κ1) is 22.4. The molecule has 1 heterocycles. The Hall–Kier alpha value is -2.79. The molecular weight excluding hydrogens is 400 g/mol. The van der Waals surface area contributed by atoms with Crippen molar-refractivity contribution in [2.45, 2.75) is 38.3 Å². The lowest BCUT2D eigenvalue weighted by Crippen LogP contribution is -2.50. The third-order valence-electron chi connectivity index (χ3n) is 6.12. The Labute approximate surface area is 190 Å². The summed E-state index contributed by atoms with van der Waals surface area (Å²) < 4.78 is 18.4. The van der Waals surface area contributed by atoms with E-state index in [9.17, 15) is 4.79 Å². The number of Topliss-reactive ketones (excluding diaryl/α,β-unsaturated/α-hetero) is 1. The highest BCUT2D eigenvalue weighted by molar-refractivity contribution is 5.84. The van der Waals surface area contributed by atoms with Crippen LogP contribution in [0.3, 0.4) is 0 Å². The largest absolute Gasteiger partial charge is 0.358 e. The fourth-order valence-corrected chi connectivity index (χ4v) is 4.53. The second kappa shape index (κ2) is 9.37. The van der Waals surface area contributed by atoms with Crippen LogP contribution in [-0.4, -0.2) is 31.9 Å². The van der Waals surface area contributed by atoms with Crippen LogP contribution in [0.15, 0.2) is 91.0 Å². The van der Waals surface area contributed by atoms with Crippen LogP contribution >= 0.6 is 0 Å². The summed E-state index contributed by atoms with van der Waals surface area (Å²) >= 11 is 0. The molecule has 1 aliphatic heterocycles. The predicted molar refractivity (Wildman–Crippen MR) is 124 cm³/mol. The molecule has 0 spiro atoms. The van der Waals surface area contributed by atoms with Gasteiger partial charge in [0.1, 0.15) is 11.7 Å². The average molecular weight is 431 g/mol. The first-order valence-corrected chi connectivity index (χ1v) is 11.0. The van der Waals surface area contributed by atoms with Gasteiger partial charge in [0, 0.05) is 18.9 Å². The van der Waals surface area contributed by atoms with Gasteiger partial charge < -0.3 is 14.2 Å². The number of benzene rings is 3. The van der Waals surface area contributed by atoms with E-state index < -0.39 is 18.0 Å². The van der Waals surface area contributed by atoms with Crippen molar-refractivity contribution in [2.24, 2.45) is 5.41 Å². The van der Waals surface area contributed by atoms with E-state index in [4.69, 9.17) is 14.2 Å². The van der Waals surface area contributed by atoms with Gasteiger partial charge in [0.05, 0.1) is 6.61 Å². The lowest BCUT2D eigenvalue weighted by atomic mass is 9.79. The van der Waals surface area contributed by atoms with Crippen molar-refractivity contribution in [3.63, 3.8) is 0 Å². The number of carbonyl (C=O) groups is 1. The highest BCUT2D eigenvalue weighted by atomic mass is 16.7. The summed E-state index contributed by atoms with van der Waals surface area (Å²) in [5.74, 6) is 0.0337. The van der Waals surface area contributed by atoms with E-state index in [-0.39, 0.29) is 17.8 Å². The van der Waals surface area contributed by atoms with Gasteiger partial charge >= 0.3 is 0 Å². The summed E-state index contributed by atoms with van der Waals surface area (Å²) in [5.41, 5.74) is 1.71. The van der Waals surface area contributed by atoms with E-state index in [0.717, 1.165) is 16.7 Å². The van der Waals surface area contributed by atoms with Crippen molar-refractivity contribution in [3.05, 3.63) is 108 Å². The molecule has 2 unspecified atom stereocenters. The molecule has 0 saturated carbocycles. The second-order valence-corrected chi connectivity index (χ2v) is 8.91. The quantitative estimate of drug-likeness (QED) is 0.474. The molecule has 3 aromatic rings. The minimum atomic E-state index is -0.886. The van der Waals surface area contributed by atoms with Crippen molar-refractivity contribution in [1.82, 2.24) is 0 Å². The molecule has 1 fully saturated rings. The summed E-state index contributed by atoms with van der Waals surface area (Å²) in [7, 11) is 1.61. The van der Waals surface area contributed by atoms with Crippen LogP contribution in [0.2, 0.25) is 0 Å². The van der Waals surface area contributed by atoms with Crippen LogP contribution in [0.1, 0.15) is 37.0 Å². The topological polar surface area (TPSA) is 44.8 Å². The molecule has 0 bridgehead atoms. The van der Waals surface area contributed by atoms with Gasteiger partial charge in [-0.25, -0.2) is 0 Å². The smallest absolute Gasteiger partial charge is 0.164 e. The number of rotatable bonds is 7. The van der Waals surface area contributed by atoms with Crippen LogP contribution < -0.4 is 0 Å². The molecule has 4 rings (SSSR count). The zero-order chi connectivity index (χ0) is 22.6. The molecule has 166 valence electrons. The van der Waals surface area contributed by atoms with Crippen LogP contribution in [0.5, 0.6) is 0 Å². The van der Waals surface area contributed by atoms with E-state index in [1.54, 1.807) is 7.11 Å². The number of methoxy groups -OCH3 is 1.